The molecule has 2 aliphatic rings. The number of morpholine rings is 1. The molecule has 2 fully saturated rings. The molecule has 0 saturated carbocycles. The first-order valence-electron chi connectivity index (χ1n) is 10.6. The van der Waals surface area contributed by atoms with Gasteiger partial charge in [-0.2, -0.15) is 0 Å². The Hall–Kier alpha value is -2.51. The maximum absolute atomic E-state index is 12.7. The number of amides is 2. The van der Waals surface area contributed by atoms with Crippen LogP contribution in [0.3, 0.4) is 0 Å². The van der Waals surface area contributed by atoms with Crippen LogP contribution in [0.25, 0.3) is 0 Å². The molecule has 2 aliphatic heterocycles. The maximum atomic E-state index is 12.7. The number of carbonyl (C=O) groups is 1. The highest BCUT2D eigenvalue weighted by molar-refractivity contribution is 6.31. The molecular weight excluding hydrogens is 402 g/mol. The predicted octanol–water partition coefficient (Wildman–Crippen LogP) is 3.88. The largest absolute Gasteiger partial charge is 0.378 e. The molecule has 30 heavy (non-hydrogen) atoms. The van der Waals surface area contributed by atoms with Crippen LogP contribution in [0, 0.1) is 0 Å². The Balaban J connectivity index is 1.42. The third-order valence-corrected chi connectivity index (χ3v) is 5.76. The second-order valence-corrected chi connectivity index (χ2v) is 8.04. The van der Waals surface area contributed by atoms with Gasteiger partial charge in [0.1, 0.15) is 5.82 Å². The smallest absolute Gasteiger partial charge is 0.319 e. The van der Waals surface area contributed by atoms with E-state index in [4.69, 9.17) is 16.3 Å². The summed E-state index contributed by atoms with van der Waals surface area (Å²) in [6, 6.07) is 9.25. The van der Waals surface area contributed by atoms with Crippen molar-refractivity contribution in [3.05, 3.63) is 47.1 Å². The average Bonchev–Trinajstić information content (AvgIpc) is 2.79. The number of piperidine rings is 1. The minimum Gasteiger partial charge on any atom is -0.378 e. The predicted molar refractivity (Wildman–Crippen MR) is 121 cm³/mol. The number of ether oxygens (including phenoxy) is 1. The van der Waals surface area contributed by atoms with Crippen LogP contribution in [0.5, 0.6) is 0 Å². The summed E-state index contributed by atoms with van der Waals surface area (Å²) in [5.41, 5.74) is 2.67. The highest BCUT2D eigenvalue weighted by Gasteiger charge is 2.18. The van der Waals surface area contributed by atoms with E-state index in [9.17, 15) is 4.79 Å². The third-order valence-electron chi connectivity index (χ3n) is 5.52. The number of urea groups is 1. The zero-order valence-electron chi connectivity index (χ0n) is 17.1. The van der Waals surface area contributed by atoms with E-state index in [1.165, 1.54) is 19.3 Å². The van der Waals surface area contributed by atoms with Gasteiger partial charge in [-0.25, -0.2) is 9.78 Å². The Kier molecular flexibility index (Phi) is 6.92. The number of anilines is 3. The lowest BCUT2D eigenvalue weighted by Crippen LogP contribution is -2.37. The van der Waals surface area contributed by atoms with Gasteiger partial charge in [0.15, 0.2) is 0 Å². The van der Waals surface area contributed by atoms with Crippen LogP contribution in [0.2, 0.25) is 5.02 Å². The van der Waals surface area contributed by atoms with Gasteiger partial charge in [0, 0.05) is 49.5 Å². The third kappa shape index (κ3) is 5.15. The molecule has 0 unspecified atom stereocenters. The number of nitrogens with zero attached hydrogens (tertiary/aromatic N) is 3. The number of carbonyl (C=O) groups excluding carboxylic acids is 1. The van der Waals surface area contributed by atoms with Crippen molar-refractivity contribution in [1.82, 2.24) is 10.3 Å². The van der Waals surface area contributed by atoms with E-state index >= 15 is 0 Å². The van der Waals surface area contributed by atoms with Crippen molar-refractivity contribution in [3.8, 4) is 0 Å². The van der Waals surface area contributed by atoms with E-state index in [1.807, 2.05) is 30.5 Å². The van der Waals surface area contributed by atoms with Crippen LogP contribution in [-0.4, -0.2) is 50.4 Å². The van der Waals surface area contributed by atoms with E-state index in [0.29, 0.717) is 30.5 Å². The fourth-order valence-corrected chi connectivity index (χ4v) is 4.16. The van der Waals surface area contributed by atoms with Crippen LogP contribution < -0.4 is 20.4 Å². The summed E-state index contributed by atoms with van der Waals surface area (Å²) in [6.07, 6.45) is 5.45. The lowest BCUT2D eigenvalue weighted by atomic mass is 10.1. The van der Waals surface area contributed by atoms with Crippen molar-refractivity contribution < 1.29 is 9.53 Å². The Morgan fingerprint density at radius 2 is 1.87 bits per heavy atom. The van der Waals surface area contributed by atoms with Crippen LogP contribution in [-0.2, 0) is 11.3 Å². The number of rotatable bonds is 5. The summed E-state index contributed by atoms with van der Waals surface area (Å²) in [4.78, 5) is 21.8. The summed E-state index contributed by atoms with van der Waals surface area (Å²) in [5, 5.41) is 6.53. The second kappa shape index (κ2) is 10.00. The number of halogens is 1. The lowest BCUT2D eigenvalue weighted by molar-refractivity contribution is 0.123. The molecular formula is C22H28ClN5O2. The minimum absolute atomic E-state index is 0.264. The first-order chi connectivity index (χ1) is 14.7. The van der Waals surface area contributed by atoms with Gasteiger partial charge >= 0.3 is 6.03 Å². The van der Waals surface area contributed by atoms with Crippen molar-refractivity contribution in [2.75, 3.05) is 54.5 Å². The van der Waals surface area contributed by atoms with Crippen LogP contribution in [0.15, 0.2) is 36.5 Å². The molecule has 2 aromatic rings. The van der Waals surface area contributed by atoms with Crippen LogP contribution in [0.1, 0.15) is 24.8 Å². The van der Waals surface area contributed by atoms with Crippen molar-refractivity contribution in [2.24, 2.45) is 0 Å². The quantitative estimate of drug-likeness (QED) is 0.754. The number of hydrogen-bond donors (Lipinski definition) is 2. The summed E-state index contributed by atoms with van der Waals surface area (Å²) in [7, 11) is 0. The monoisotopic (exact) mass is 429 g/mol. The van der Waals surface area contributed by atoms with Gasteiger partial charge in [-0.1, -0.05) is 17.7 Å². The summed E-state index contributed by atoms with van der Waals surface area (Å²) in [5.74, 6) is 0.967. The molecule has 3 heterocycles. The number of pyridine rings is 1. The molecule has 1 aromatic heterocycles. The van der Waals surface area contributed by atoms with E-state index < -0.39 is 0 Å². The van der Waals surface area contributed by atoms with Crippen LogP contribution >= 0.6 is 11.6 Å². The van der Waals surface area contributed by atoms with Gasteiger partial charge in [-0.05, 0) is 43.5 Å². The summed E-state index contributed by atoms with van der Waals surface area (Å²) >= 11 is 6.19. The zero-order valence-corrected chi connectivity index (χ0v) is 17.8. The normalized spacial score (nSPS) is 17.0. The van der Waals surface area contributed by atoms with E-state index in [2.05, 4.69) is 25.4 Å². The van der Waals surface area contributed by atoms with Crippen molar-refractivity contribution in [2.45, 2.75) is 25.8 Å². The topological polar surface area (TPSA) is 69.7 Å². The zero-order chi connectivity index (χ0) is 20.8. The van der Waals surface area contributed by atoms with Crippen molar-refractivity contribution in [3.63, 3.8) is 0 Å². The molecule has 0 spiro atoms. The molecule has 0 radical (unpaired) electrons. The number of nitrogens with one attached hydrogen (secondary N) is 2. The van der Waals surface area contributed by atoms with Crippen molar-refractivity contribution in [1.29, 1.82) is 0 Å². The summed E-state index contributed by atoms with van der Waals surface area (Å²) < 4.78 is 5.44. The maximum Gasteiger partial charge on any atom is 0.319 e. The molecule has 0 aliphatic carbocycles. The fourth-order valence-electron chi connectivity index (χ4n) is 3.99. The molecule has 0 atom stereocenters. The molecule has 8 heteroatoms. The Morgan fingerprint density at radius 3 is 2.67 bits per heavy atom. The summed E-state index contributed by atoms with van der Waals surface area (Å²) in [6.45, 7) is 5.37. The highest BCUT2D eigenvalue weighted by atomic mass is 35.5. The standard InChI is InChI=1S/C22H28ClN5O2/c23-18-6-7-20(27-11-13-30-14-12-27)19(15-18)26-22(29)25-16-17-5-4-8-24-21(17)28-9-2-1-3-10-28/h4-8,15H,1-3,9-14,16H2,(H2,25,26,29). The Morgan fingerprint density at radius 1 is 1.07 bits per heavy atom. The number of benzene rings is 1. The van der Waals surface area contributed by atoms with Gasteiger partial charge in [0.25, 0.3) is 0 Å². The first-order valence-corrected chi connectivity index (χ1v) is 10.9. The lowest BCUT2D eigenvalue weighted by Gasteiger charge is -2.30. The molecule has 0 bridgehead atoms. The molecule has 4 rings (SSSR count). The van der Waals surface area contributed by atoms with Gasteiger partial charge in [-0.15, -0.1) is 0 Å². The average molecular weight is 430 g/mol. The van der Waals surface area contributed by atoms with Gasteiger partial charge < -0.3 is 25.2 Å². The second-order valence-electron chi connectivity index (χ2n) is 7.60. The number of hydrogen-bond acceptors (Lipinski definition) is 5. The highest BCUT2D eigenvalue weighted by Crippen LogP contribution is 2.30. The van der Waals surface area contributed by atoms with Crippen LogP contribution in [0.4, 0.5) is 22.0 Å². The van der Waals surface area contributed by atoms with E-state index in [-0.39, 0.29) is 6.03 Å². The molecule has 2 amide bonds. The fraction of sp³-hybridized carbons (Fsp3) is 0.455. The van der Waals surface area contributed by atoms with Gasteiger partial charge in [-0.3, -0.25) is 0 Å². The molecule has 7 nitrogen and oxygen atoms in total. The first kappa shape index (κ1) is 20.8. The van der Waals surface area contributed by atoms with E-state index in [0.717, 1.165) is 43.2 Å². The Bertz CT molecular complexity index is 866. The Labute approximate surface area is 182 Å². The van der Waals surface area contributed by atoms with Gasteiger partial charge in [0.05, 0.1) is 24.6 Å². The van der Waals surface area contributed by atoms with E-state index in [1.54, 1.807) is 6.07 Å². The SMILES string of the molecule is O=C(NCc1cccnc1N1CCCCC1)Nc1cc(Cl)ccc1N1CCOCC1. The van der Waals surface area contributed by atoms with Gasteiger partial charge in [0.2, 0.25) is 0 Å². The molecule has 2 saturated heterocycles. The minimum atomic E-state index is -0.264. The molecule has 160 valence electrons. The number of aromatic nitrogens is 1. The van der Waals surface area contributed by atoms with Crippen molar-refractivity contribution >= 4 is 34.8 Å². The molecule has 2 N–H and O–H groups in total. The molecule has 1 aromatic carbocycles.